The molecule has 0 radical (unpaired) electrons. The zero-order chi connectivity index (χ0) is 15.6. The van der Waals surface area contributed by atoms with Gasteiger partial charge in [-0.15, -0.1) is 0 Å². The number of benzene rings is 1. The number of rotatable bonds is 6. The van der Waals surface area contributed by atoms with Crippen molar-refractivity contribution in [1.29, 1.82) is 0 Å². The molecule has 116 valence electrons. The van der Waals surface area contributed by atoms with Crippen molar-refractivity contribution in [3.8, 4) is 0 Å². The van der Waals surface area contributed by atoms with Crippen LogP contribution in [0.2, 0.25) is 10.0 Å². The lowest BCUT2D eigenvalue weighted by Crippen LogP contribution is -2.48. The van der Waals surface area contributed by atoms with E-state index < -0.39 is 17.3 Å². The molecule has 6 heteroatoms. The number of ether oxygens (including phenoxy) is 1. The summed E-state index contributed by atoms with van der Waals surface area (Å²) in [4.78, 5) is 12.3. The molecule has 21 heavy (non-hydrogen) atoms. The van der Waals surface area contributed by atoms with E-state index in [1.54, 1.807) is 13.8 Å². The fourth-order valence-corrected chi connectivity index (χ4v) is 2.70. The first-order chi connectivity index (χ1) is 9.88. The molecule has 0 heterocycles. The van der Waals surface area contributed by atoms with Gasteiger partial charge in [0.2, 0.25) is 0 Å². The molecule has 0 aromatic heterocycles. The summed E-state index contributed by atoms with van der Waals surface area (Å²) in [6.07, 6.45) is 2.27. The largest absolute Gasteiger partial charge is 0.464 e. The Hall–Kier alpha value is -0.840. The van der Waals surface area contributed by atoms with Crippen molar-refractivity contribution in [2.45, 2.75) is 32.2 Å². The summed E-state index contributed by atoms with van der Waals surface area (Å²) >= 11 is 11.9. The maximum absolute atomic E-state index is 13.8. The number of hydrogen-bond acceptors (Lipinski definition) is 3. The second-order valence-electron chi connectivity index (χ2n) is 5.42. The van der Waals surface area contributed by atoms with Gasteiger partial charge in [0.05, 0.1) is 11.6 Å². The maximum atomic E-state index is 13.8. The Labute approximate surface area is 133 Å². The van der Waals surface area contributed by atoms with Gasteiger partial charge in [-0.2, -0.15) is 0 Å². The van der Waals surface area contributed by atoms with E-state index in [-0.39, 0.29) is 16.7 Å². The average molecular weight is 334 g/mol. The van der Waals surface area contributed by atoms with Crippen LogP contribution in [0.1, 0.15) is 32.3 Å². The van der Waals surface area contributed by atoms with Gasteiger partial charge in [-0.1, -0.05) is 23.2 Å². The molecule has 0 saturated heterocycles. The standard InChI is InChI=1S/C15H18Cl2FNO2/c1-3-21-14(20)15(2,19-8-9-4-5-9)10-6-13(18)12(17)7-11(10)16/h6-7,9,19H,3-5,8H2,1-2H3. The highest BCUT2D eigenvalue weighted by molar-refractivity contribution is 6.35. The molecule has 2 rings (SSSR count). The van der Waals surface area contributed by atoms with Crippen LogP contribution >= 0.6 is 23.2 Å². The Morgan fingerprint density at radius 3 is 2.67 bits per heavy atom. The van der Waals surface area contributed by atoms with Gasteiger partial charge in [-0.25, -0.2) is 9.18 Å². The van der Waals surface area contributed by atoms with Crippen molar-refractivity contribution < 1.29 is 13.9 Å². The molecular weight excluding hydrogens is 316 g/mol. The lowest BCUT2D eigenvalue weighted by Gasteiger charge is -2.30. The molecule has 0 bridgehead atoms. The molecule has 0 aliphatic heterocycles. The third-order valence-corrected chi connectivity index (χ3v) is 4.28. The van der Waals surface area contributed by atoms with Crippen LogP contribution in [-0.4, -0.2) is 19.1 Å². The Balaban J connectivity index is 2.37. The Bertz CT molecular complexity index is 549. The third-order valence-electron chi connectivity index (χ3n) is 3.67. The molecule has 1 N–H and O–H groups in total. The highest BCUT2D eigenvalue weighted by Gasteiger charge is 2.40. The van der Waals surface area contributed by atoms with Crippen molar-refractivity contribution in [3.63, 3.8) is 0 Å². The predicted molar refractivity (Wildman–Crippen MR) is 81.1 cm³/mol. The number of halogens is 3. The lowest BCUT2D eigenvalue weighted by atomic mass is 9.91. The predicted octanol–water partition coefficient (Wildman–Crippen LogP) is 3.91. The minimum atomic E-state index is -1.19. The summed E-state index contributed by atoms with van der Waals surface area (Å²) < 4.78 is 18.9. The van der Waals surface area contributed by atoms with E-state index in [0.717, 1.165) is 12.8 Å². The summed E-state index contributed by atoms with van der Waals surface area (Å²) in [5, 5.41) is 3.34. The first-order valence-corrected chi connectivity index (χ1v) is 7.71. The van der Waals surface area contributed by atoms with Gasteiger partial charge in [0.1, 0.15) is 11.4 Å². The molecule has 1 atom stereocenters. The quantitative estimate of drug-likeness (QED) is 0.633. The molecular formula is C15H18Cl2FNO2. The van der Waals surface area contributed by atoms with Gasteiger partial charge < -0.3 is 4.74 Å². The molecule has 3 nitrogen and oxygen atoms in total. The van der Waals surface area contributed by atoms with Crippen LogP contribution < -0.4 is 5.32 Å². The molecule has 1 aliphatic rings. The average Bonchev–Trinajstić information content (AvgIpc) is 3.24. The van der Waals surface area contributed by atoms with Crippen LogP contribution in [0.15, 0.2) is 12.1 Å². The zero-order valence-electron chi connectivity index (χ0n) is 12.0. The minimum Gasteiger partial charge on any atom is -0.464 e. The van der Waals surface area contributed by atoms with E-state index >= 15 is 0 Å². The summed E-state index contributed by atoms with van der Waals surface area (Å²) in [7, 11) is 0. The van der Waals surface area contributed by atoms with Gasteiger partial charge >= 0.3 is 5.97 Å². The van der Waals surface area contributed by atoms with E-state index in [0.29, 0.717) is 18.0 Å². The molecule has 1 fully saturated rings. The van der Waals surface area contributed by atoms with Crippen molar-refractivity contribution in [2.24, 2.45) is 5.92 Å². The summed E-state index contributed by atoms with van der Waals surface area (Å²) in [5.41, 5.74) is -0.855. The molecule has 1 saturated carbocycles. The van der Waals surface area contributed by atoms with Crippen LogP contribution in [0.3, 0.4) is 0 Å². The fourth-order valence-electron chi connectivity index (χ4n) is 2.13. The van der Waals surface area contributed by atoms with Gasteiger partial charge in [0.25, 0.3) is 0 Å². The molecule has 1 unspecified atom stereocenters. The second kappa shape index (κ2) is 6.51. The van der Waals surface area contributed by atoms with Crippen LogP contribution in [0.25, 0.3) is 0 Å². The van der Waals surface area contributed by atoms with Gasteiger partial charge in [0.15, 0.2) is 0 Å². The molecule has 1 aromatic rings. The van der Waals surface area contributed by atoms with Gasteiger partial charge in [0, 0.05) is 10.6 Å². The summed E-state index contributed by atoms with van der Waals surface area (Å²) in [6, 6.07) is 2.51. The zero-order valence-corrected chi connectivity index (χ0v) is 13.5. The Morgan fingerprint density at radius 2 is 2.10 bits per heavy atom. The normalized spacial score (nSPS) is 17.4. The minimum absolute atomic E-state index is 0.0721. The second-order valence-corrected chi connectivity index (χ2v) is 6.23. The maximum Gasteiger partial charge on any atom is 0.330 e. The van der Waals surface area contributed by atoms with Crippen LogP contribution in [0, 0.1) is 11.7 Å². The number of hydrogen-bond donors (Lipinski definition) is 1. The number of nitrogens with one attached hydrogen (secondary N) is 1. The highest BCUT2D eigenvalue weighted by Crippen LogP contribution is 2.35. The Morgan fingerprint density at radius 1 is 1.43 bits per heavy atom. The van der Waals surface area contributed by atoms with Crippen LogP contribution in [0.5, 0.6) is 0 Å². The number of carbonyl (C=O) groups excluding carboxylic acids is 1. The first-order valence-electron chi connectivity index (χ1n) is 6.95. The van der Waals surface area contributed by atoms with E-state index in [1.807, 2.05) is 0 Å². The van der Waals surface area contributed by atoms with Crippen molar-refractivity contribution >= 4 is 29.2 Å². The number of esters is 1. The van der Waals surface area contributed by atoms with E-state index in [1.165, 1.54) is 12.1 Å². The van der Waals surface area contributed by atoms with E-state index in [9.17, 15) is 9.18 Å². The van der Waals surface area contributed by atoms with Crippen molar-refractivity contribution in [1.82, 2.24) is 5.32 Å². The van der Waals surface area contributed by atoms with Gasteiger partial charge in [-0.05, 0) is 51.3 Å². The lowest BCUT2D eigenvalue weighted by molar-refractivity contribution is -0.151. The summed E-state index contributed by atoms with van der Waals surface area (Å²) in [5.74, 6) is -0.538. The van der Waals surface area contributed by atoms with Crippen LogP contribution in [-0.2, 0) is 15.1 Å². The third kappa shape index (κ3) is 3.68. The monoisotopic (exact) mass is 333 g/mol. The molecule has 1 aromatic carbocycles. The van der Waals surface area contributed by atoms with Crippen LogP contribution in [0.4, 0.5) is 4.39 Å². The fraction of sp³-hybridized carbons (Fsp3) is 0.533. The van der Waals surface area contributed by atoms with Crippen molar-refractivity contribution in [3.05, 3.63) is 33.6 Å². The first kappa shape index (κ1) is 16.5. The molecule has 0 amide bonds. The molecule has 0 spiro atoms. The van der Waals surface area contributed by atoms with E-state index in [4.69, 9.17) is 27.9 Å². The number of carbonyl (C=O) groups is 1. The smallest absolute Gasteiger partial charge is 0.330 e. The Kier molecular flexibility index (Phi) is 5.12. The highest BCUT2D eigenvalue weighted by atomic mass is 35.5. The van der Waals surface area contributed by atoms with Crippen molar-refractivity contribution in [2.75, 3.05) is 13.2 Å². The van der Waals surface area contributed by atoms with E-state index in [2.05, 4.69) is 5.32 Å². The van der Waals surface area contributed by atoms with Gasteiger partial charge in [-0.3, -0.25) is 5.32 Å². The SMILES string of the molecule is CCOC(=O)C(C)(NCC1CC1)c1cc(F)c(Cl)cc1Cl. The summed E-state index contributed by atoms with van der Waals surface area (Å²) in [6.45, 7) is 4.29. The molecule has 1 aliphatic carbocycles. The topological polar surface area (TPSA) is 38.3 Å².